The summed E-state index contributed by atoms with van der Waals surface area (Å²) in [6.45, 7) is 12.1. The van der Waals surface area contributed by atoms with E-state index in [9.17, 15) is 9.59 Å². The molecule has 94 valence electrons. The van der Waals surface area contributed by atoms with Crippen molar-refractivity contribution < 1.29 is 20.1 Å². The minimum atomic E-state index is -0.784. The van der Waals surface area contributed by atoms with Crippen LogP contribution in [0.25, 0.3) is 0 Å². The van der Waals surface area contributed by atoms with Gasteiger partial charge in [-0.2, -0.15) is 4.79 Å². The summed E-state index contributed by atoms with van der Waals surface area (Å²) in [7, 11) is 0. The fourth-order valence-corrected chi connectivity index (χ4v) is 1.54. The van der Waals surface area contributed by atoms with Gasteiger partial charge in [-0.05, 0) is 17.3 Å². The van der Waals surface area contributed by atoms with E-state index in [1.165, 1.54) is 0 Å². The summed E-state index contributed by atoms with van der Waals surface area (Å²) < 4.78 is 4.60. The van der Waals surface area contributed by atoms with E-state index in [4.69, 9.17) is 0 Å². The third-order valence-corrected chi connectivity index (χ3v) is 2.36. The molecular weight excluding hydrogens is 206 g/mol. The van der Waals surface area contributed by atoms with Gasteiger partial charge in [0.05, 0.1) is 5.92 Å². The van der Waals surface area contributed by atoms with E-state index in [-0.39, 0.29) is 16.7 Å². The molecule has 0 aromatic rings. The first-order valence-corrected chi connectivity index (χ1v) is 5.51. The molecule has 1 amide bonds. The molecule has 1 atom stereocenters. The smallest absolute Gasteiger partial charge is 0.346 e. The van der Waals surface area contributed by atoms with Crippen LogP contribution >= 0.6 is 0 Å². The van der Waals surface area contributed by atoms with Crippen LogP contribution in [0, 0.1) is 16.7 Å². The Hall–Kier alpha value is -0.900. The van der Waals surface area contributed by atoms with Crippen LogP contribution < -0.4 is 5.73 Å². The van der Waals surface area contributed by atoms with Crippen molar-refractivity contribution >= 4 is 12.1 Å². The van der Waals surface area contributed by atoms with Gasteiger partial charge >= 0.3 is 12.1 Å². The number of carbonyl (C=O) groups is 2. The van der Waals surface area contributed by atoms with Crippen molar-refractivity contribution in [2.24, 2.45) is 16.7 Å². The second-order valence-electron chi connectivity index (χ2n) is 6.48. The summed E-state index contributed by atoms with van der Waals surface area (Å²) in [5.41, 5.74) is 2.85. The molecule has 0 fully saturated rings. The van der Waals surface area contributed by atoms with Gasteiger partial charge in [-0.15, -0.1) is 0 Å². The minimum Gasteiger partial charge on any atom is -0.346 e. The molecule has 0 aliphatic rings. The molecule has 1 unspecified atom stereocenters. The predicted molar refractivity (Wildman–Crippen MR) is 61.4 cm³/mol. The zero-order valence-electron chi connectivity index (χ0n) is 11.2. The van der Waals surface area contributed by atoms with Crippen molar-refractivity contribution in [2.75, 3.05) is 0 Å². The van der Waals surface area contributed by atoms with Crippen LogP contribution in [-0.4, -0.2) is 12.1 Å². The molecule has 0 heterocycles. The average Bonchev–Trinajstić information content (AvgIpc) is 1.94. The first kappa shape index (κ1) is 15.1. The molecule has 0 aromatic carbocycles. The lowest BCUT2D eigenvalue weighted by Gasteiger charge is -2.33. The zero-order chi connectivity index (χ0) is 13.1. The molecule has 0 saturated carbocycles. The van der Waals surface area contributed by atoms with Crippen LogP contribution in [0.2, 0.25) is 0 Å². The van der Waals surface area contributed by atoms with Crippen molar-refractivity contribution in [1.82, 2.24) is 0 Å². The molecule has 0 aromatic heterocycles. The monoisotopic (exact) mass is 230 g/mol. The number of hydrogen-bond acceptors (Lipinski definition) is 3. The summed E-state index contributed by atoms with van der Waals surface area (Å²) in [4.78, 5) is 22.5. The first-order valence-electron chi connectivity index (χ1n) is 5.51. The van der Waals surface area contributed by atoms with Crippen LogP contribution in [0.4, 0.5) is 4.79 Å². The third-order valence-electron chi connectivity index (χ3n) is 2.36. The highest BCUT2D eigenvalue weighted by Gasteiger charge is 2.36. The Morgan fingerprint density at radius 2 is 1.56 bits per heavy atom. The van der Waals surface area contributed by atoms with E-state index >= 15 is 0 Å². The standard InChI is InChI=1S/C12H23NO3/c1-11(2,3)7-8(12(4,5)6)9(14)16-10(13)15/h8H,7H2,1-6H3,(H2,13,15)/p+1. The fourth-order valence-electron chi connectivity index (χ4n) is 1.54. The molecule has 4 heteroatoms. The second kappa shape index (κ2) is 4.95. The highest BCUT2D eigenvalue weighted by molar-refractivity contribution is 5.82. The average molecular weight is 230 g/mol. The van der Waals surface area contributed by atoms with Crippen LogP contribution in [0.3, 0.4) is 0 Å². The van der Waals surface area contributed by atoms with E-state index in [1.54, 1.807) is 0 Å². The molecule has 0 bridgehead atoms. The Balaban J connectivity index is 4.83. The molecule has 4 nitrogen and oxygen atoms in total. The molecule has 0 spiro atoms. The SMILES string of the molecule is CC(C)(C)CC(C(=O)OC([NH3+])=O)C(C)(C)C. The van der Waals surface area contributed by atoms with Gasteiger partial charge in [-0.1, -0.05) is 41.5 Å². The predicted octanol–water partition coefficient (Wildman–Crippen LogP) is 1.99. The van der Waals surface area contributed by atoms with E-state index in [0.717, 1.165) is 0 Å². The van der Waals surface area contributed by atoms with Gasteiger partial charge in [0, 0.05) is 0 Å². The largest absolute Gasteiger partial charge is 0.518 e. The molecule has 0 aliphatic carbocycles. The van der Waals surface area contributed by atoms with Crippen LogP contribution in [0.5, 0.6) is 0 Å². The molecule has 3 N–H and O–H groups in total. The number of hydrogen-bond donors (Lipinski definition) is 1. The van der Waals surface area contributed by atoms with Crippen molar-refractivity contribution in [2.45, 2.75) is 48.0 Å². The molecule has 16 heavy (non-hydrogen) atoms. The van der Waals surface area contributed by atoms with Crippen LogP contribution in [0.1, 0.15) is 48.0 Å². The highest BCUT2D eigenvalue weighted by Crippen LogP contribution is 2.36. The van der Waals surface area contributed by atoms with Crippen LogP contribution in [-0.2, 0) is 9.53 Å². The molecule has 0 aliphatic heterocycles. The maximum Gasteiger partial charge on any atom is 0.518 e. The fraction of sp³-hybridized carbons (Fsp3) is 0.833. The number of ether oxygens (including phenoxy) is 1. The van der Waals surface area contributed by atoms with Crippen LogP contribution in [0.15, 0.2) is 0 Å². The van der Waals surface area contributed by atoms with Gasteiger partial charge in [-0.3, -0.25) is 10.5 Å². The summed E-state index contributed by atoms with van der Waals surface area (Å²) in [5, 5.41) is 0. The Kier molecular flexibility index (Phi) is 4.68. The molecular formula is C12H24NO3+. The lowest BCUT2D eigenvalue weighted by molar-refractivity contribution is -0.279. The highest BCUT2D eigenvalue weighted by atomic mass is 16.6. The van der Waals surface area contributed by atoms with Gasteiger partial charge in [0.15, 0.2) is 0 Å². The van der Waals surface area contributed by atoms with Gasteiger partial charge in [0.1, 0.15) is 0 Å². The normalized spacial score (nSPS) is 14.4. The maximum absolute atomic E-state index is 11.8. The lowest BCUT2D eigenvalue weighted by Crippen LogP contribution is -2.58. The Morgan fingerprint density at radius 3 is 1.81 bits per heavy atom. The Morgan fingerprint density at radius 1 is 1.12 bits per heavy atom. The zero-order valence-corrected chi connectivity index (χ0v) is 11.2. The van der Waals surface area contributed by atoms with Gasteiger partial charge in [0.25, 0.3) is 0 Å². The molecule has 0 saturated heterocycles. The van der Waals surface area contributed by atoms with E-state index in [2.05, 4.69) is 31.2 Å². The topological polar surface area (TPSA) is 71.0 Å². The van der Waals surface area contributed by atoms with Crippen molar-refractivity contribution in [3.05, 3.63) is 0 Å². The van der Waals surface area contributed by atoms with E-state index in [1.807, 2.05) is 20.8 Å². The van der Waals surface area contributed by atoms with Gasteiger partial charge in [-0.25, -0.2) is 0 Å². The second-order valence-corrected chi connectivity index (χ2v) is 6.48. The maximum atomic E-state index is 11.8. The minimum absolute atomic E-state index is 0.0151. The third kappa shape index (κ3) is 5.85. The summed E-state index contributed by atoms with van der Waals surface area (Å²) in [5.74, 6) is -0.763. The lowest BCUT2D eigenvalue weighted by atomic mass is 9.72. The van der Waals surface area contributed by atoms with Crippen molar-refractivity contribution in [3.63, 3.8) is 0 Å². The molecule has 0 rings (SSSR count). The Labute approximate surface area is 97.5 Å². The summed E-state index contributed by atoms with van der Waals surface area (Å²) in [6, 6.07) is 0. The quantitative estimate of drug-likeness (QED) is 0.582. The number of rotatable bonds is 2. The number of quaternary nitrogens is 1. The first-order chi connectivity index (χ1) is 6.93. The molecule has 0 radical (unpaired) electrons. The Bertz CT molecular complexity index is 271. The van der Waals surface area contributed by atoms with Crippen molar-refractivity contribution in [3.8, 4) is 0 Å². The van der Waals surface area contributed by atoms with E-state index in [0.29, 0.717) is 6.42 Å². The van der Waals surface area contributed by atoms with Crippen molar-refractivity contribution in [1.29, 1.82) is 0 Å². The van der Waals surface area contributed by atoms with E-state index < -0.39 is 12.1 Å². The van der Waals surface area contributed by atoms with Gasteiger partial charge in [0.2, 0.25) is 0 Å². The summed E-state index contributed by atoms with van der Waals surface area (Å²) in [6.07, 6.45) is -0.101. The summed E-state index contributed by atoms with van der Waals surface area (Å²) >= 11 is 0. The number of amides is 1. The number of carbonyl (C=O) groups excluding carboxylic acids is 2. The van der Waals surface area contributed by atoms with Gasteiger partial charge < -0.3 is 4.74 Å². The number of esters is 1.